The number of piperazine rings is 1. The summed E-state index contributed by atoms with van der Waals surface area (Å²) in [6.07, 6.45) is 5.59. The van der Waals surface area contributed by atoms with Gasteiger partial charge in [0.15, 0.2) is 11.4 Å². The van der Waals surface area contributed by atoms with E-state index in [1.54, 1.807) is 13.3 Å². The molecule has 33 heavy (non-hydrogen) atoms. The molecule has 1 saturated heterocycles. The Bertz CT molecular complexity index is 1250. The highest BCUT2D eigenvalue weighted by molar-refractivity contribution is 5.66. The third kappa shape index (κ3) is 4.21. The van der Waals surface area contributed by atoms with Crippen molar-refractivity contribution < 1.29 is 4.74 Å². The van der Waals surface area contributed by atoms with Crippen LogP contribution in [-0.4, -0.2) is 52.6 Å². The SMILES string of the molecule is COc1c(C)ccn2c(-c3ccnc(N[C@@H](C)c4ccc(N5CCNCC5)cc4)n3)cnc12. The third-order valence-corrected chi connectivity index (χ3v) is 6.17. The number of hydrogen-bond donors (Lipinski definition) is 2. The first-order chi connectivity index (χ1) is 16.1. The number of pyridine rings is 1. The molecule has 0 saturated carbocycles. The van der Waals surface area contributed by atoms with Crippen molar-refractivity contribution in [2.24, 2.45) is 0 Å². The van der Waals surface area contributed by atoms with Crippen LogP contribution in [0.15, 0.2) is 55.0 Å². The normalized spacial score (nSPS) is 14.9. The summed E-state index contributed by atoms with van der Waals surface area (Å²) < 4.78 is 7.54. The van der Waals surface area contributed by atoms with Crippen LogP contribution >= 0.6 is 0 Å². The smallest absolute Gasteiger partial charge is 0.223 e. The monoisotopic (exact) mass is 443 g/mol. The predicted molar refractivity (Wildman–Crippen MR) is 131 cm³/mol. The first kappa shape index (κ1) is 21.2. The van der Waals surface area contributed by atoms with E-state index in [0.29, 0.717) is 5.95 Å². The number of rotatable bonds is 6. The number of ether oxygens (including phenoxy) is 1. The molecule has 5 rings (SSSR count). The van der Waals surface area contributed by atoms with Crippen molar-refractivity contribution in [3.8, 4) is 17.1 Å². The second-order valence-corrected chi connectivity index (χ2v) is 8.33. The minimum absolute atomic E-state index is 0.0715. The maximum Gasteiger partial charge on any atom is 0.223 e. The van der Waals surface area contributed by atoms with Crippen molar-refractivity contribution >= 4 is 17.3 Å². The molecule has 1 atom stereocenters. The number of imidazole rings is 1. The molecule has 3 aromatic heterocycles. The van der Waals surface area contributed by atoms with Crippen molar-refractivity contribution in [1.82, 2.24) is 24.7 Å². The number of nitrogens with one attached hydrogen (secondary N) is 2. The Morgan fingerprint density at radius 1 is 1.06 bits per heavy atom. The number of benzene rings is 1. The maximum atomic E-state index is 5.55. The average molecular weight is 444 g/mol. The second-order valence-electron chi connectivity index (χ2n) is 8.33. The highest BCUT2D eigenvalue weighted by Gasteiger charge is 2.15. The van der Waals surface area contributed by atoms with Crippen LogP contribution in [0, 0.1) is 6.92 Å². The fraction of sp³-hybridized carbons (Fsp3) is 0.320. The van der Waals surface area contributed by atoms with Gasteiger partial charge >= 0.3 is 0 Å². The summed E-state index contributed by atoms with van der Waals surface area (Å²) >= 11 is 0. The van der Waals surface area contributed by atoms with Crippen LogP contribution in [0.1, 0.15) is 24.1 Å². The molecule has 1 fully saturated rings. The number of fused-ring (bicyclic) bond motifs is 1. The summed E-state index contributed by atoms with van der Waals surface area (Å²) in [5.41, 5.74) is 5.97. The highest BCUT2D eigenvalue weighted by Crippen LogP contribution is 2.28. The van der Waals surface area contributed by atoms with E-state index in [0.717, 1.165) is 54.5 Å². The molecule has 1 aliphatic heterocycles. The van der Waals surface area contributed by atoms with Gasteiger partial charge < -0.3 is 20.3 Å². The van der Waals surface area contributed by atoms with Crippen LogP contribution in [0.4, 0.5) is 11.6 Å². The Morgan fingerprint density at radius 3 is 2.61 bits per heavy atom. The number of aryl methyl sites for hydroxylation is 1. The highest BCUT2D eigenvalue weighted by atomic mass is 16.5. The van der Waals surface area contributed by atoms with Crippen LogP contribution in [-0.2, 0) is 0 Å². The molecule has 0 spiro atoms. The summed E-state index contributed by atoms with van der Waals surface area (Å²) in [4.78, 5) is 16.2. The number of aromatic nitrogens is 4. The fourth-order valence-corrected chi connectivity index (χ4v) is 4.30. The van der Waals surface area contributed by atoms with Gasteiger partial charge in [-0.15, -0.1) is 0 Å². The van der Waals surface area contributed by atoms with Crippen molar-refractivity contribution in [2.75, 3.05) is 43.5 Å². The number of anilines is 2. The Kier molecular flexibility index (Phi) is 5.83. The molecule has 0 amide bonds. The lowest BCUT2D eigenvalue weighted by atomic mass is 10.1. The van der Waals surface area contributed by atoms with Crippen LogP contribution in [0.25, 0.3) is 17.0 Å². The van der Waals surface area contributed by atoms with E-state index in [9.17, 15) is 0 Å². The summed E-state index contributed by atoms with van der Waals surface area (Å²) in [5, 5.41) is 6.84. The molecule has 0 aliphatic carbocycles. The Labute approximate surface area is 193 Å². The largest absolute Gasteiger partial charge is 0.493 e. The molecule has 4 heterocycles. The molecule has 0 radical (unpaired) electrons. The van der Waals surface area contributed by atoms with Crippen LogP contribution in [0.5, 0.6) is 5.75 Å². The zero-order valence-corrected chi connectivity index (χ0v) is 19.2. The minimum atomic E-state index is 0.0715. The molecular weight excluding hydrogens is 414 g/mol. The molecule has 1 aromatic carbocycles. The van der Waals surface area contributed by atoms with E-state index in [4.69, 9.17) is 9.72 Å². The Balaban J connectivity index is 1.35. The topological polar surface area (TPSA) is 79.6 Å². The molecule has 4 aromatic rings. The number of methoxy groups -OCH3 is 1. The van der Waals surface area contributed by atoms with E-state index in [2.05, 4.69) is 56.7 Å². The molecule has 170 valence electrons. The van der Waals surface area contributed by atoms with E-state index in [1.165, 1.54) is 11.3 Å². The van der Waals surface area contributed by atoms with Gasteiger partial charge in [-0.3, -0.25) is 4.40 Å². The van der Waals surface area contributed by atoms with E-state index in [-0.39, 0.29) is 6.04 Å². The van der Waals surface area contributed by atoms with Gasteiger partial charge in [0, 0.05) is 44.3 Å². The second kappa shape index (κ2) is 9.07. The van der Waals surface area contributed by atoms with Crippen molar-refractivity contribution in [3.63, 3.8) is 0 Å². The standard InChI is InChI=1S/C25H29N7O/c1-17-9-13-32-22(16-28-24(32)23(17)33-3)21-8-10-27-25(30-21)29-18(2)19-4-6-20(7-5-19)31-14-11-26-12-15-31/h4-10,13,16,18,26H,11-12,14-15H2,1-3H3,(H,27,29,30)/t18-/m0/s1. The van der Waals surface area contributed by atoms with Gasteiger partial charge in [0.25, 0.3) is 0 Å². The summed E-state index contributed by atoms with van der Waals surface area (Å²) in [7, 11) is 1.67. The Morgan fingerprint density at radius 2 is 1.85 bits per heavy atom. The Hall–Kier alpha value is -3.65. The molecular formula is C25H29N7O. The van der Waals surface area contributed by atoms with Crippen molar-refractivity contribution in [2.45, 2.75) is 19.9 Å². The summed E-state index contributed by atoms with van der Waals surface area (Å²) in [6, 6.07) is 12.7. The van der Waals surface area contributed by atoms with Gasteiger partial charge in [-0.05, 0) is 49.2 Å². The van der Waals surface area contributed by atoms with Gasteiger partial charge in [0.05, 0.1) is 30.7 Å². The first-order valence-electron chi connectivity index (χ1n) is 11.3. The zero-order valence-electron chi connectivity index (χ0n) is 19.2. The van der Waals surface area contributed by atoms with Gasteiger partial charge in [-0.1, -0.05) is 12.1 Å². The fourth-order valence-electron chi connectivity index (χ4n) is 4.30. The van der Waals surface area contributed by atoms with E-state index < -0.39 is 0 Å². The lowest BCUT2D eigenvalue weighted by molar-refractivity contribution is 0.414. The van der Waals surface area contributed by atoms with Crippen molar-refractivity contribution in [3.05, 3.63) is 66.1 Å². The molecule has 0 bridgehead atoms. The third-order valence-electron chi connectivity index (χ3n) is 6.17. The number of nitrogens with zero attached hydrogens (tertiary/aromatic N) is 5. The minimum Gasteiger partial charge on any atom is -0.493 e. The summed E-state index contributed by atoms with van der Waals surface area (Å²) in [5.74, 6) is 1.36. The summed E-state index contributed by atoms with van der Waals surface area (Å²) in [6.45, 7) is 8.29. The van der Waals surface area contributed by atoms with Gasteiger partial charge in [-0.25, -0.2) is 15.0 Å². The lowest BCUT2D eigenvalue weighted by Crippen LogP contribution is -2.43. The van der Waals surface area contributed by atoms with Crippen LogP contribution in [0.2, 0.25) is 0 Å². The van der Waals surface area contributed by atoms with Crippen LogP contribution < -0.4 is 20.3 Å². The molecule has 2 N–H and O–H groups in total. The molecule has 0 unspecified atom stereocenters. The van der Waals surface area contributed by atoms with Gasteiger partial charge in [0.2, 0.25) is 5.95 Å². The van der Waals surface area contributed by atoms with E-state index >= 15 is 0 Å². The predicted octanol–water partition coefficient (Wildman–Crippen LogP) is 3.69. The van der Waals surface area contributed by atoms with Crippen LogP contribution in [0.3, 0.4) is 0 Å². The van der Waals surface area contributed by atoms with Gasteiger partial charge in [0.1, 0.15) is 0 Å². The van der Waals surface area contributed by atoms with E-state index in [1.807, 2.05) is 35.9 Å². The quantitative estimate of drug-likeness (QED) is 0.470. The molecule has 1 aliphatic rings. The molecule has 8 heteroatoms. The number of hydrogen-bond acceptors (Lipinski definition) is 7. The van der Waals surface area contributed by atoms with Gasteiger partial charge in [-0.2, -0.15) is 0 Å². The van der Waals surface area contributed by atoms with Crippen molar-refractivity contribution in [1.29, 1.82) is 0 Å². The molecule has 8 nitrogen and oxygen atoms in total. The lowest BCUT2D eigenvalue weighted by Gasteiger charge is -2.29. The zero-order chi connectivity index (χ0) is 22.8. The average Bonchev–Trinajstić information content (AvgIpc) is 3.29. The maximum absolute atomic E-state index is 5.55. The first-order valence-corrected chi connectivity index (χ1v) is 11.3.